The van der Waals surface area contributed by atoms with Crippen molar-refractivity contribution in [2.24, 2.45) is 0 Å². The normalized spacial score (nSPS) is 17.8. The van der Waals surface area contributed by atoms with E-state index in [1.165, 1.54) is 12.8 Å². The van der Waals surface area contributed by atoms with Crippen LogP contribution in [-0.4, -0.2) is 27.9 Å². The number of hydrogen-bond acceptors (Lipinski definition) is 3. The Hall–Kier alpha value is -0.840. The maximum atomic E-state index is 5.25. The van der Waals surface area contributed by atoms with Crippen LogP contribution in [0.4, 0.5) is 5.95 Å². The van der Waals surface area contributed by atoms with Gasteiger partial charge in [-0.1, -0.05) is 6.92 Å². The van der Waals surface area contributed by atoms with Crippen LogP contribution in [0, 0.1) is 4.77 Å². The highest BCUT2D eigenvalue weighted by molar-refractivity contribution is 7.71. The van der Waals surface area contributed by atoms with Gasteiger partial charge in [-0.2, -0.15) is 0 Å². The molecule has 15 heavy (non-hydrogen) atoms. The number of rotatable bonds is 4. The Morgan fingerprint density at radius 3 is 2.87 bits per heavy atom. The molecule has 0 radical (unpaired) electrons. The van der Waals surface area contributed by atoms with Crippen molar-refractivity contribution in [1.29, 1.82) is 0 Å². The predicted molar refractivity (Wildman–Crippen MR) is 63.8 cm³/mol. The maximum Gasteiger partial charge on any atom is 0.225 e. The summed E-state index contributed by atoms with van der Waals surface area (Å²) in [5.74, 6) is 0.983. The molecule has 1 saturated carbocycles. The molecule has 0 bridgehead atoms. The van der Waals surface area contributed by atoms with E-state index >= 15 is 0 Å². The first kappa shape index (κ1) is 10.7. The largest absolute Gasteiger partial charge is 0.341 e. The third-order valence-electron chi connectivity index (χ3n) is 3.17. The molecular formula is C10H18N4S. The van der Waals surface area contributed by atoms with Crippen molar-refractivity contribution < 1.29 is 0 Å². The summed E-state index contributed by atoms with van der Waals surface area (Å²) >= 11 is 5.25. The highest BCUT2D eigenvalue weighted by atomic mass is 32.1. The molecule has 0 aliphatic heterocycles. The minimum absolute atomic E-state index is 0.493. The van der Waals surface area contributed by atoms with E-state index in [0.29, 0.717) is 12.1 Å². The van der Waals surface area contributed by atoms with Crippen LogP contribution < -0.4 is 4.90 Å². The first-order chi connectivity index (χ1) is 7.15. The van der Waals surface area contributed by atoms with Crippen LogP contribution in [0.15, 0.2) is 0 Å². The van der Waals surface area contributed by atoms with Crippen molar-refractivity contribution in [3.05, 3.63) is 4.77 Å². The monoisotopic (exact) mass is 226 g/mol. The lowest BCUT2D eigenvalue weighted by atomic mass is 10.2. The zero-order valence-electron chi connectivity index (χ0n) is 9.53. The molecule has 0 aromatic carbocycles. The first-order valence-corrected chi connectivity index (χ1v) is 5.95. The van der Waals surface area contributed by atoms with Gasteiger partial charge in [-0.15, -0.1) is 5.10 Å². The fraction of sp³-hybridized carbons (Fsp3) is 0.800. The molecule has 4 nitrogen and oxygen atoms in total. The Kier molecular flexibility index (Phi) is 2.82. The Morgan fingerprint density at radius 2 is 2.33 bits per heavy atom. The molecule has 1 aromatic heterocycles. The van der Waals surface area contributed by atoms with Crippen molar-refractivity contribution >= 4 is 18.2 Å². The molecule has 1 atom stereocenters. The second kappa shape index (κ2) is 3.96. The van der Waals surface area contributed by atoms with Gasteiger partial charge in [0.15, 0.2) is 4.77 Å². The number of H-pyrrole nitrogens is 1. The lowest BCUT2D eigenvalue weighted by molar-refractivity contribution is 0.617. The van der Waals surface area contributed by atoms with Gasteiger partial charge < -0.3 is 4.90 Å². The molecular weight excluding hydrogens is 208 g/mol. The lowest BCUT2D eigenvalue weighted by Crippen LogP contribution is -2.30. The number of nitrogens with zero attached hydrogens (tertiary/aromatic N) is 3. The standard InChI is InChI=1S/C10H18N4S/c1-4-7(2)13(3)9-11-12-10(15)14(9)8-5-6-8/h7-8H,4-6H2,1-3H3,(H,12,15). The van der Waals surface area contributed by atoms with E-state index in [0.717, 1.165) is 17.1 Å². The van der Waals surface area contributed by atoms with Crippen molar-refractivity contribution in [2.75, 3.05) is 11.9 Å². The van der Waals surface area contributed by atoms with E-state index in [2.05, 4.69) is 40.6 Å². The molecule has 2 rings (SSSR count). The van der Waals surface area contributed by atoms with Gasteiger partial charge in [-0.05, 0) is 38.4 Å². The second-order valence-electron chi connectivity index (χ2n) is 4.30. The molecule has 1 unspecified atom stereocenters. The highest BCUT2D eigenvalue weighted by Crippen LogP contribution is 2.37. The van der Waals surface area contributed by atoms with E-state index in [9.17, 15) is 0 Å². The van der Waals surface area contributed by atoms with Crippen molar-refractivity contribution in [3.63, 3.8) is 0 Å². The highest BCUT2D eigenvalue weighted by Gasteiger charge is 2.29. The summed E-state index contributed by atoms with van der Waals surface area (Å²) in [6.45, 7) is 4.39. The molecule has 0 amide bonds. The van der Waals surface area contributed by atoms with Gasteiger partial charge in [0.25, 0.3) is 0 Å². The van der Waals surface area contributed by atoms with Crippen molar-refractivity contribution in [3.8, 4) is 0 Å². The molecule has 0 saturated heterocycles. The average molecular weight is 226 g/mol. The Bertz CT molecular complexity index is 390. The maximum absolute atomic E-state index is 5.25. The molecule has 1 aliphatic rings. The molecule has 1 aliphatic carbocycles. The van der Waals surface area contributed by atoms with E-state index in [1.54, 1.807) is 0 Å². The zero-order chi connectivity index (χ0) is 11.0. The summed E-state index contributed by atoms with van der Waals surface area (Å²) in [6.07, 6.45) is 3.57. The number of aromatic amines is 1. The van der Waals surface area contributed by atoms with E-state index in [1.807, 2.05) is 0 Å². The van der Waals surface area contributed by atoms with Gasteiger partial charge in [-0.25, -0.2) is 5.10 Å². The SMILES string of the molecule is CCC(C)N(C)c1n[nH]c(=S)n1C1CC1. The molecule has 84 valence electrons. The molecule has 1 fully saturated rings. The Morgan fingerprint density at radius 1 is 1.67 bits per heavy atom. The topological polar surface area (TPSA) is 36.9 Å². The number of anilines is 1. The minimum atomic E-state index is 0.493. The summed E-state index contributed by atoms with van der Waals surface area (Å²) in [7, 11) is 2.08. The van der Waals surface area contributed by atoms with Crippen LogP contribution in [0.25, 0.3) is 0 Å². The number of hydrogen-bond donors (Lipinski definition) is 1. The molecule has 1 heterocycles. The number of nitrogens with one attached hydrogen (secondary N) is 1. The molecule has 1 N–H and O–H groups in total. The summed E-state index contributed by atoms with van der Waals surface area (Å²) in [6, 6.07) is 1.07. The quantitative estimate of drug-likeness (QED) is 0.801. The molecule has 0 spiro atoms. The van der Waals surface area contributed by atoms with Gasteiger partial charge in [0, 0.05) is 19.1 Å². The predicted octanol–water partition coefficient (Wildman–Crippen LogP) is 2.51. The van der Waals surface area contributed by atoms with Crippen LogP contribution in [0.3, 0.4) is 0 Å². The smallest absolute Gasteiger partial charge is 0.225 e. The fourth-order valence-corrected chi connectivity index (χ4v) is 1.95. The van der Waals surface area contributed by atoms with Gasteiger partial charge >= 0.3 is 0 Å². The first-order valence-electron chi connectivity index (χ1n) is 5.54. The number of aromatic nitrogens is 3. The van der Waals surface area contributed by atoms with Crippen LogP contribution in [0.2, 0.25) is 0 Å². The summed E-state index contributed by atoms with van der Waals surface area (Å²) < 4.78 is 2.91. The third-order valence-corrected chi connectivity index (χ3v) is 3.45. The van der Waals surface area contributed by atoms with Gasteiger partial charge in [0.2, 0.25) is 5.95 Å². The van der Waals surface area contributed by atoms with E-state index in [4.69, 9.17) is 12.2 Å². The molecule has 5 heteroatoms. The zero-order valence-corrected chi connectivity index (χ0v) is 10.3. The molecule has 1 aromatic rings. The second-order valence-corrected chi connectivity index (χ2v) is 4.68. The van der Waals surface area contributed by atoms with E-state index < -0.39 is 0 Å². The van der Waals surface area contributed by atoms with Gasteiger partial charge in [-0.3, -0.25) is 4.57 Å². The third kappa shape index (κ3) is 1.93. The Balaban J connectivity index is 2.31. The minimum Gasteiger partial charge on any atom is -0.341 e. The lowest BCUT2D eigenvalue weighted by Gasteiger charge is -2.24. The summed E-state index contributed by atoms with van der Waals surface area (Å²) in [4.78, 5) is 2.20. The van der Waals surface area contributed by atoms with Crippen LogP contribution >= 0.6 is 12.2 Å². The fourth-order valence-electron chi connectivity index (χ4n) is 1.68. The van der Waals surface area contributed by atoms with E-state index in [-0.39, 0.29) is 0 Å². The summed E-state index contributed by atoms with van der Waals surface area (Å²) in [5, 5.41) is 7.21. The average Bonchev–Trinajstić information content (AvgIpc) is 3.00. The van der Waals surface area contributed by atoms with Crippen LogP contribution in [0.1, 0.15) is 39.2 Å². The van der Waals surface area contributed by atoms with Crippen molar-refractivity contribution in [1.82, 2.24) is 14.8 Å². The van der Waals surface area contributed by atoms with Crippen LogP contribution in [-0.2, 0) is 0 Å². The summed E-state index contributed by atoms with van der Waals surface area (Å²) in [5.41, 5.74) is 0. The van der Waals surface area contributed by atoms with Crippen LogP contribution in [0.5, 0.6) is 0 Å². The Labute approximate surface area is 95.3 Å². The van der Waals surface area contributed by atoms with Crippen molar-refractivity contribution in [2.45, 2.75) is 45.2 Å². The van der Waals surface area contributed by atoms with Gasteiger partial charge in [0.05, 0.1) is 0 Å². The van der Waals surface area contributed by atoms with Gasteiger partial charge in [0.1, 0.15) is 0 Å².